The molecule has 7 atom stereocenters. The maximum absolute atomic E-state index is 13.0. The van der Waals surface area contributed by atoms with Crippen molar-refractivity contribution in [3.8, 4) is 0 Å². The average Bonchev–Trinajstić information content (AvgIpc) is 4.14. The highest BCUT2D eigenvalue weighted by Crippen LogP contribution is 2.46. The van der Waals surface area contributed by atoms with Gasteiger partial charge >= 0.3 is 5.97 Å². The van der Waals surface area contributed by atoms with Crippen LogP contribution in [-0.2, 0) is 23.8 Å². The predicted octanol–water partition coefficient (Wildman–Crippen LogP) is 15.5. The van der Waals surface area contributed by atoms with E-state index >= 15 is 0 Å². The highest BCUT2D eigenvalue weighted by atomic mass is 16.6. The van der Waals surface area contributed by atoms with E-state index in [-0.39, 0.29) is 30.5 Å². The fourth-order valence-electron chi connectivity index (χ4n) is 9.96. The van der Waals surface area contributed by atoms with Gasteiger partial charge in [0.15, 0.2) is 0 Å². The predicted molar refractivity (Wildman–Crippen MR) is 245 cm³/mol. The third-order valence-electron chi connectivity index (χ3n) is 14.1. The standard InChI is InChI=1S/C53H96O5/c1-4-7-10-12-18-25-31-45-40-47(45)33-27-20-14-16-22-29-38-56-43-50(44-58-53(55)42-49-36-37-52(54)51(49)35-24-9-6-3)57-39-30-23-17-15-21-28-34-48-41-46(48)32-26-19-13-11-8-5-2/h9,24,45-51H,4-8,10-23,25-44H2,1-3H3/b24-9-. The molecule has 338 valence electrons. The third kappa shape index (κ3) is 25.5. The molecular formula is C53H96O5. The van der Waals surface area contributed by atoms with Crippen molar-refractivity contribution in [1.29, 1.82) is 0 Å². The molecule has 0 saturated heterocycles. The lowest BCUT2D eigenvalue weighted by Gasteiger charge is -2.20. The van der Waals surface area contributed by atoms with Crippen LogP contribution in [0, 0.1) is 35.5 Å². The van der Waals surface area contributed by atoms with E-state index in [9.17, 15) is 9.59 Å². The highest BCUT2D eigenvalue weighted by molar-refractivity contribution is 5.84. The molecule has 58 heavy (non-hydrogen) atoms. The molecule has 3 saturated carbocycles. The Kier molecular flexibility index (Phi) is 30.3. The topological polar surface area (TPSA) is 61.8 Å². The highest BCUT2D eigenvalue weighted by Gasteiger charge is 2.37. The molecule has 0 radical (unpaired) electrons. The number of esters is 1. The lowest BCUT2D eigenvalue weighted by molar-refractivity contribution is -0.151. The summed E-state index contributed by atoms with van der Waals surface area (Å²) in [5, 5.41) is 0. The van der Waals surface area contributed by atoms with E-state index in [1.165, 1.54) is 180 Å². The molecule has 0 aromatic carbocycles. The van der Waals surface area contributed by atoms with Crippen LogP contribution in [0.25, 0.3) is 0 Å². The second kappa shape index (κ2) is 34.4. The van der Waals surface area contributed by atoms with Gasteiger partial charge in [-0.3, -0.25) is 9.59 Å². The molecule has 3 aliphatic rings. The molecule has 3 fully saturated rings. The smallest absolute Gasteiger partial charge is 0.306 e. The third-order valence-corrected chi connectivity index (χ3v) is 14.1. The minimum absolute atomic E-state index is 0.0449. The second-order valence-electron chi connectivity index (χ2n) is 19.4. The van der Waals surface area contributed by atoms with Gasteiger partial charge in [-0.1, -0.05) is 200 Å². The van der Waals surface area contributed by atoms with Crippen molar-refractivity contribution >= 4 is 11.8 Å². The van der Waals surface area contributed by atoms with Crippen molar-refractivity contribution in [3.63, 3.8) is 0 Å². The molecule has 0 spiro atoms. The minimum Gasteiger partial charge on any atom is -0.463 e. The maximum Gasteiger partial charge on any atom is 0.306 e. The van der Waals surface area contributed by atoms with Crippen LogP contribution < -0.4 is 0 Å². The van der Waals surface area contributed by atoms with Gasteiger partial charge in [0.1, 0.15) is 18.5 Å². The maximum atomic E-state index is 13.0. The quantitative estimate of drug-likeness (QED) is 0.0349. The largest absolute Gasteiger partial charge is 0.463 e. The van der Waals surface area contributed by atoms with Crippen LogP contribution in [-0.4, -0.2) is 44.3 Å². The van der Waals surface area contributed by atoms with Gasteiger partial charge in [0.05, 0.1) is 6.61 Å². The first-order valence-electron chi connectivity index (χ1n) is 26.1. The molecular weight excluding hydrogens is 717 g/mol. The fraction of sp³-hybridized carbons (Fsp3) is 0.925. The summed E-state index contributed by atoms with van der Waals surface area (Å²) in [5.74, 6) is 4.34. The zero-order chi connectivity index (χ0) is 41.3. The molecule has 5 heteroatoms. The van der Waals surface area contributed by atoms with Crippen molar-refractivity contribution in [2.24, 2.45) is 35.5 Å². The molecule has 0 heterocycles. The fourth-order valence-corrected chi connectivity index (χ4v) is 9.96. The number of carbonyl (C=O) groups excluding carboxylic acids is 2. The average molecular weight is 813 g/mol. The van der Waals surface area contributed by atoms with Crippen LogP contribution in [0.2, 0.25) is 0 Å². The first-order valence-corrected chi connectivity index (χ1v) is 26.1. The number of rotatable bonds is 42. The van der Waals surface area contributed by atoms with Crippen LogP contribution in [0.15, 0.2) is 12.2 Å². The summed E-state index contributed by atoms with van der Waals surface area (Å²) in [6.07, 6.45) is 48.8. The first-order chi connectivity index (χ1) is 28.5. The Morgan fingerprint density at radius 3 is 1.53 bits per heavy atom. The number of unbranched alkanes of at least 4 members (excludes halogenated alkanes) is 20. The molecule has 3 rings (SSSR count). The number of carbonyl (C=O) groups is 2. The Morgan fingerprint density at radius 1 is 0.569 bits per heavy atom. The van der Waals surface area contributed by atoms with E-state index in [1.54, 1.807) is 0 Å². The van der Waals surface area contributed by atoms with Gasteiger partial charge in [0.2, 0.25) is 0 Å². The Hall–Kier alpha value is -1.20. The lowest BCUT2D eigenvalue weighted by Crippen LogP contribution is -2.29. The Labute approximate surface area is 360 Å². The zero-order valence-corrected chi connectivity index (χ0v) is 38.8. The van der Waals surface area contributed by atoms with Crippen LogP contribution in [0.3, 0.4) is 0 Å². The van der Waals surface area contributed by atoms with Gasteiger partial charge in [-0.15, -0.1) is 0 Å². The summed E-state index contributed by atoms with van der Waals surface area (Å²) in [6, 6.07) is 0. The van der Waals surface area contributed by atoms with Gasteiger partial charge in [-0.05, 0) is 74.5 Å². The number of ketones is 1. The molecule has 0 aliphatic heterocycles. The first kappa shape index (κ1) is 51.2. The molecule has 0 aromatic rings. The van der Waals surface area contributed by atoms with E-state index in [0.717, 1.165) is 62.4 Å². The Balaban J connectivity index is 1.21. The summed E-state index contributed by atoms with van der Waals surface area (Å²) in [6.45, 7) is 8.85. The summed E-state index contributed by atoms with van der Waals surface area (Å²) in [4.78, 5) is 25.5. The lowest BCUT2D eigenvalue weighted by atomic mass is 9.89. The molecule has 0 bridgehead atoms. The normalized spacial score (nSPS) is 23.3. The van der Waals surface area contributed by atoms with E-state index < -0.39 is 0 Å². The van der Waals surface area contributed by atoms with E-state index in [0.29, 0.717) is 31.8 Å². The number of hydrogen-bond donors (Lipinski definition) is 0. The Bertz CT molecular complexity index is 1020. The SMILES string of the molecule is CC/C=C\CC1C(=O)CCC1CC(=O)OCC(COCCCCCCCCC1CC1CCCCCCCC)OCCCCCCCCC1CC1CCCCCCCC. The molecule has 7 unspecified atom stereocenters. The van der Waals surface area contributed by atoms with Gasteiger partial charge < -0.3 is 14.2 Å². The van der Waals surface area contributed by atoms with Crippen molar-refractivity contribution < 1.29 is 23.8 Å². The van der Waals surface area contributed by atoms with Gasteiger partial charge in [0.25, 0.3) is 0 Å². The monoisotopic (exact) mass is 813 g/mol. The molecule has 5 nitrogen and oxygen atoms in total. The number of Topliss-reactive ketones (excluding diaryl/α,β-unsaturated/α-hetero) is 1. The van der Waals surface area contributed by atoms with Crippen molar-refractivity contribution in [3.05, 3.63) is 12.2 Å². The number of hydrogen-bond acceptors (Lipinski definition) is 5. The van der Waals surface area contributed by atoms with Crippen LogP contribution >= 0.6 is 0 Å². The van der Waals surface area contributed by atoms with Crippen molar-refractivity contribution in [2.45, 2.75) is 252 Å². The van der Waals surface area contributed by atoms with Crippen LogP contribution in [0.1, 0.15) is 245 Å². The molecule has 0 amide bonds. The minimum atomic E-state index is -0.229. The van der Waals surface area contributed by atoms with Crippen molar-refractivity contribution in [2.75, 3.05) is 26.4 Å². The number of allylic oxidation sites excluding steroid dienone is 2. The zero-order valence-electron chi connectivity index (χ0n) is 38.8. The Morgan fingerprint density at radius 2 is 1.03 bits per heavy atom. The van der Waals surface area contributed by atoms with E-state index in [4.69, 9.17) is 14.2 Å². The van der Waals surface area contributed by atoms with Gasteiger partial charge in [0, 0.05) is 32.0 Å². The van der Waals surface area contributed by atoms with E-state index in [2.05, 4.69) is 32.9 Å². The van der Waals surface area contributed by atoms with Gasteiger partial charge in [-0.2, -0.15) is 0 Å². The van der Waals surface area contributed by atoms with Gasteiger partial charge in [-0.25, -0.2) is 0 Å². The molecule has 3 aliphatic carbocycles. The molecule has 0 aromatic heterocycles. The summed E-state index contributed by atoms with van der Waals surface area (Å²) in [7, 11) is 0. The molecule has 0 N–H and O–H groups in total. The summed E-state index contributed by atoms with van der Waals surface area (Å²) < 4.78 is 18.2. The second-order valence-corrected chi connectivity index (χ2v) is 19.4. The summed E-state index contributed by atoms with van der Waals surface area (Å²) >= 11 is 0. The van der Waals surface area contributed by atoms with Crippen molar-refractivity contribution in [1.82, 2.24) is 0 Å². The summed E-state index contributed by atoms with van der Waals surface area (Å²) in [5.41, 5.74) is 0. The van der Waals surface area contributed by atoms with Crippen LogP contribution in [0.4, 0.5) is 0 Å². The van der Waals surface area contributed by atoms with E-state index in [1.807, 2.05) is 0 Å². The van der Waals surface area contributed by atoms with Crippen LogP contribution in [0.5, 0.6) is 0 Å². The number of ether oxygens (including phenoxy) is 3.